The standard InChI is InChI=1S/C73H87N9O19S/c1-44-50(48-16-17-55(77-59(48)65(90)91)80-23-20-46-10-7-11-49(51(46)35-80)64(89)78-68-76-52-12-5-6-13-54(52)102-68)34-75-82(44)43-72-38-70(2)37-71(3,39-72)41-73(40-70,42-72)99-28-25-79(4)69(94)98-36-47-15-14-45(33-53(47)100-67-62(88)60(86)61(87)63(101-67)66(92)93)9-8-26-95-29-31-97-32-30-96-27-22-74-56(83)21-24-81-57(84)18-19-58(81)85/h5-7,10-19,33-34,60-63,67,86-88H,8-9,20-32,35-43H2,1-4H3,(H,74,83)(H,90,91)(H,92,93)(H,76,78,89)/t60-,61-,62+,63-,67+,70?,71?,72?,73?/m0/s1. The number of ether oxygens (including phenoxy) is 7. The Morgan fingerprint density at radius 3 is 2.26 bits per heavy atom. The zero-order valence-corrected chi connectivity index (χ0v) is 58.3. The third-order valence-corrected chi connectivity index (χ3v) is 21.1. The number of aromatic nitrogens is 4. The van der Waals surface area contributed by atoms with Gasteiger partial charge in [-0.05, 0) is 134 Å². The van der Waals surface area contributed by atoms with E-state index in [1.54, 1.807) is 37.5 Å². The summed E-state index contributed by atoms with van der Waals surface area (Å²) in [6.07, 6.45) is 1.12. The molecule has 0 spiro atoms. The highest BCUT2D eigenvalue weighted by Crippen LogP contribution is 2.72. The average Bonchev–Trinajstić information content (AvgIpc) is 1.30. The molecule has 2 unspecified atom stereocenters. The summed E-state index contributed by atoms with van der Waals surface area (Å²) < 4.78 is 44.2. The second-order valence-corrected chi connectivity index (χ2v) is 29.4. The first kappa shape index (κ1) is 73.0. The van der Waals surface area contributed by atoms with E-state index in [-0.39, 0.29) is 92.0 Å². The van der Waals surface area contributed by atoms with Crippen molar-refractivity contribution < 1.29 is 92.3 Å². The van der Waals surface area contributed by atoms with Gasteiger partial charge in [0.25, 0.3) is 17.7 Å². The first-order valence-electron chi connectivity index (χ1n) is 34.4. The second-order valence-electron chi connectivity index (χ2n) is 28.4. The topological polar surface area (TPSA) is 363 Å². The number of fused-ring (bicyclic) bond motifs is 2. The van der Waals surface area contributed by atoms with E-state index in [0.717, 1.165) is 76.0 Å². The Morgan fingerprint density at radius 1 is 0.794 bits per heavy atom. The maximum absolute atomic E-state index is 13.8. The molecular weight excluding hydrogens is 1340 g/mol. The molecule has 544 valence electrons. The van der Waals surface area contributed by atoms with Crippen LogP contribution in [-0.4, -0.2) is 213 Å². The monoisotopic (exact) mass is 1430 g/mol. The molecule has 4 aliphatic carbocycles. The van der Waals surface area contributed by atoms with Crippen molar-refractivity contribution >= 4 is 74.2 Å². The number of nitrogens with zero attached hydrogens (tertiary/aromatic N) is 7. The van der Waals surface area contributed by atoms with Gasteiger partial charge < -0.3 is 73.8 Å². The Morgan fingerprint density at radius 2 is 1.53 bits per heavy atom. The summed E-state index contributed by atoms with van der Waals surface area (Å²) in [5, 5.41) is 63.5. The number of likely N-dealkylation sites (N-methyl/N-ethyl adjacent to an activating group) is 1. The van der Waals surface area contributed by atoms with Crippen molar-refractivity contribution in [3.63, 3.8) is 0 Å². The van der Waals surface area contributed by atoms with Crippen LogP contribution in [0.1, 0.15) is 114 Å². The van der Waals surface area contributed by atoms with Crippen LogP contribution in [0, 0.1) is 23.2 Å². The molecule has 13 rings (SSSR count). The molecule has 1 saturated heterocycles. The van der Waals surface area contributed by atoms with Crippen molar-refractivity contribution in [2.24, 2.45) is 16.2 Å². The number of anilines is 2. The van der Waals surface area contributed by atoms with Crippen LogP contribution in [0.4, 0.5) is 15.7 Å². The highest BCUT2D eigenvalue weighted by Gasteiger charge is 2.66. The van der Waals surface area contributed by atoms with Crippen LogP contribution in [0.3, 0.4) is 0 Å². The number of aromatic carboxylic acids is 1. The molecular formula is C73H87N9O19S. The van der Waals surface area contributed by atoms with Gasteiger partial charge in [0, 0.05) is 99.4 Å². The summed E-state index contributed by atoms with van der Waals surface area (Å²) in [6, 6.07) is 22.2. The van der Waals surface area contributed by atoms with Gasteiger partial charge in [-0.1, -0.05) is 61.6 Å². The molecule has 7 atom stereocenters. The van der Waals surface area contributed by atoms with Crippen LogP contribution in [0.25, 0.3) is 21.3 Å². The molecule has 0 radical (unpaired) electrons. The van der Waals surface area contributed by atoms with E-state index < -0.39 is 66.2 Å². The Hall–Kier alpha value is -8.78. The van der Waals surface area contributed by atoms with Gasteiger partial charge in [-0.3, -0.25) is 34.1 Å². The van der Waals surface area contributed by atoms with Gasteiger partial charge in [0.15, 0.2) is 16.9 Å². The highest BCUT2D eigenvalue weighted by molar-refractivity contribution is 7.22. The smallest absolute Gasteiger partial charge is 0.409 e. The number of imide groups is 1. The Bertz CT molecular complexity index is 4090. The third-order valence-electron chi connectivity index (χ3n) is 20.2. The summed E-state index contributed by atoms with van der Waals surface area (Å²) in [5.74, 6) is -3.65. The first-order chi connectivity index (χ1) is 48.9. The van der Waals surface area contributed by atoms with E-state index in [9.17, 15) is 59.1 Å². The zero-order chi connectivity index (χ0) is 72.1. The zero-order valence-electron chi connectivity index (χ0n) is 57.5. The largest absolute Gasteiger partial charge is 0.479 e. The summed E-state index contributed by atoms with van der Waals surface area (Å²) in [7, 11) is 1.61. The summed E-state index contributed by atoms with van der Waals surface area (Å²) in [5.41, 5.74) is 5.37. The van der Waals surface area contributed by atoms with E-state index in [4.69, 9.17) is 43.2 Å². The molecule has 6 aromatic rings. The maximum Gasteiger partial charge on any atom is 0.409 e. The quantitative estimate of drug-likeness (QED) is 0.0176. The lowest BCUT2D eigenvalue weighted by molar-refractivity contribution is -0.271. The van der Waals surface area contributed by atoms with Crippen molar-refractivity contribution in [2.45, 2.75) is 141 Å². The highest BCUT2D eigenvalue weighted by atomic mass is 32.1. The molecule has 4 saturated carbocycles. The van der Waals surface area contributed by atoms with Gasteiger partial charge in [-0.25, -0.2) is 24.4 Å². The lowest BCUT2D eigenvalue weighted by Crippen LogP contribution is -2.64. The van der Waals surface area contributed by atoms with Gasteiger partial charge in [-0.15, -0.1) is 0 Å². The number of carbonyl (C=O) groups is 7. The molecule has 4 bridgehead atoms. The number of carboxylic acids is 2. The third kappa shape index (κ3) is 16.6. The number of aliphatic carboxylic acids is 1. The van der Waals surface area contributed by atoms with E-state index in [0.29, 0.717) is 98.5 Å². The van der Waals surface area contributed by atoms with Crippen LogP contribution in [0.2, 0.25) is 0 Å². The normalized spacial score (nSPS) is 24.9. The fourth-order valence-electron chi connectivity index (χ4n) is 16.6. The minimum Gasteiger partial charge on any atom is -0.479 e. The number of hydrogen-bond acceptors (Lipinski definition) is 22. The number of hydrogen-bond donors (Lipinski definition) is 7. The van der Waals surface area contributed by atoms with Gasteiger partial charge in [0.2, 0.25) is 12.2 Å². The van der Waals surface area contributed by atoms with Gasteiger partial charge in [0.05, 0.1) is 61.7 Å². The fourth-order valence-corrected chi connectivity index (χ4v) is 17.4. The number of nitrogens with one attached hydrogen (secondary N) is 2. The van der Waals surface area contributed by atoms with Crippen LogP contribution in [0.15, 0.2) is 91.1 Å². The molecule has 3 aliphatic heterocycles. The van der Waals surface area contributed by atoms with E-state index >= 15 is 0 Å². The lowest BCUT2D eigenvalue weighted by Gasteiger charge is -2.69. The number of aliphatic hydroxyl groups is 3. The molecule has 7 aliphatic rings. The molecule has 102 heavy (non-hydrogen) atoms. The summed E-state index contributed by atoms with van der Waals surface area (Å²) >= 11 is 1.41. The molecule has 3 aromatic carbocycles. The Kier molecular flexibility index (Phi) is 22.2. The predicted molar refractivity (Wildman–Crippen MR) is 369 cm³/mol. The van der Waals surface area contributed by atoms with Crippen molar-refractivity contribution in [1.29, 1.82) is 0 Å². The van der Waals surface area contributed by atoms with E-state index in [2.05, 4.69) is 29.5 Å². The number of benzene rings is 3. The summed E-state index contributed by atoms with van der Waals surface area (Å²) in [4.78, 5) is 102. The first-order valence-corrected chi connectivity index (χ1v) is 35.3. The number of aliphatic hydroxyl groups excluding tert-OH is 3. The average molecular weight is 1430 g/mol. The second kappa shape index (κ2) is 31.0. The molecule has 5 amide bonds. The number of carbonyl (C=O) groups excluding carboxylic acids is 5. The van der Waals surface area contributed by atoms with Crippen molar-refractivity contribution in [1.82, 2.24) is 34.9 Å². The number of aryl methyl sites for hydroxylation is 1. The minimum atomic E-state index is -1.94. The molecule has 7 N–H and O–H groups in total. The predicted octanol–water partition coefficient (Wildman–Crippen LogP) is 6.47. The van der Waals surface area contributed by atoms with Crippen LogP contribution >= 0.6 is 11.3 Å². The maximum atomic E-state index is 13.8. The SMILES string of the molecule is Cc1c(-c2ccc(N3CCc4cccc(C(=O)Nc5nc6ccccc6s5)c4C3)nc2C(=O)O)cnn1CC12CC3(C)CC(C)(C1)CC(OCCN(C)C(=O)OCc1ccc(CCCOCCOCCOCCNC(=O)CCN4C(=O)C=CC4=O)cc1O[C@@H]1O[C@H](C(=O)O)[C@@H](O)[C@H](O)[C@H]1O)(C3)C2. The molecule has 3 aromatic heterocycles. The molecule has 5 fully saturated rings. The van der Waals surface area contributed by atoms with Crippen molar-refractivity contribution in [3.8, 4) is 16.9 Å². The van der Waals surface area contributed by atoms with Gasteiger partial charge >= 0.3 is 18.0 Å². The molecule has 28 nitrogen and oxygen atoms in total. The number of thiazole rings is 1. The van der Waals surface area contributed by atoms with Crippen LogP contribution in [-0.2, 0) is 80.1 Å². The number of pyridine rings is 1. The van der Waals surface area contributed by atoms with Gasteiger partial charge in [-0.2, -0.15) is 5.10 Å². The van der Waals surface area contributed by atoms with Crippen molar-refractivity contribution in [3.05, 3.63) is 130 Å². The number of amides is 5. The minimum absolute atomic E-state index is 0.0000928. The number of rotatable bonds is 32. The van der Waals surface area contributed by atoms with Crippen LogP contribution in [0.5, 0.6) is 5.75 Å². The Labute approximate surface area is 592 Å². The fraction of sp³-hybridized carbons (Fsp3) is 0.507. The lowest BCUT2D eigenvalue weighted by atomic mass is 9.39. The number of carboxylic acid groups (broad SMARTS) is 2. The van der Waals surface area contributed by atoms with Gasteiger partial charge in [0.1, 0.15) is 36.5 Å². The number of para-hydroxylation sites is 1. The van der Waals surface area contributed by atoms with Crippen molar-refractivity contribution in [2.75, 3.05) is 89.7 Å². The van der Waals surface area contributed by atoms with E-state index in [1.807, 2.05) is 65.0 Å². The van der Waals surface area contributed by atoms with E-state index in [1.165, 1.54) is 28.4 Å². The van der Waals surface area contributed by atoms with Crippen LogP contribution < -0.4 is 20.3 Å². The molecule has 6 heterocycles. The Balaban J connectivity index is 0.626. The molecule has 29 heteroatoms. The summed E-state index contributed by atoms with van der Waals surface area (Å²) in [6.45, 7) is 10.3.